The van der Waals surface area contributed by atoms with Crippen molar-refractivity contribution in [2.24, 2.45) is 0 Å². The fraction of sp³-hybridized carbons (Fsp3) is 0.375. The maximum atomic E-state index is 12.9. The first kappa shape index (κ1) is 8.98. The Morgan fingerprint density at radius 2 is 2.21 bits per heavy atom. The van der Waals surface area contributed by atoms with Gasteiger partial charge in [0.15, 0.2) is 5.41 Å². The SMILES string of the molecule is O=C(O)C1(c2ccncn2)CC1(F)F. The second-order valence-electron chi connectivity index (χ2n) is 3.19. The number of aromatic nitrogens is 2. The average Bonchev–Trinajstić information content (AvgIpc) is 2.72. The molecule has 1 aliphatic carbocycles. The van der Waals surface area contributed by atoms with Crippen molar-refractivity contribution in [2.45, 2.75) is 17.8 Å². The predicted octanol–water partition coefficient (Wildman–Crippen LogP) is 0.838. The van der Waals surface area contributed by atoms with E-state index in [0.29, 0.717) is 0 Å². The molecule has 74 valence electrons. The summed E-state index contributed by atoms with van der Waals surface area (Å²) in [5.41, 5.74) is -2.26. The van der Waals surface area contributed by atoms with Crippen LogP contribution >= 0.6 is 0 Å². The maximum absolute atomic E-state index is 12.9. The van der Waals surface area contributed by atoms with Gasteiger partial charge in [0, 0.05) is 12.6 Å². The van der Waals surface area contributed by atoms with Crippen LogP contribution in [0.5, 0.6) is 0 Å². The van der Waals surface area contributed by atoms with Crippen LogP contribution in [0.1, 0.15) is 12.1 Å². The van der Waals surface area contributed by atoms with Gasteiger partial charge in [-0.15, -0.1) is 0 Å². The highest BCUT2D eigenvalue weighted by atomic mass is 19.3. The van der Waals surface area contributed by atoms with Gasteiger partial charge in [0.25, 0.3) is 5.92 Å². The molecular weight excluding hydrogens is 194 g/mol. The van der Waals surface area contributed by atoms with E-state index in [9.17, 15) is 13.6 Å². The Kier molecular flexibility index (Phi) is 1.58. The monoisotopic (exact) mass is 200 g/mol. The minimum atomic E-state index is -3.20. The van der Waals surface area contributed by atoms with E-state index in [2.05, 4.69) is 9.97 Å². The topological polar surface area (TPSA) is 63.1 Å². The van der Waals surface area contributed by atoms with Crippen molar-refractivity contribution in [1.82, 2.24) is 9.97 Å². The Balaban J connectivity index is 2.47. The van der Waals surface area contributed by atoms with Crippen molar-refractivity contribution >= 4 is 5.97 Å². The van der Waals surface area contributed by atoms with Crippen molar-refractivity contribution in [3.8, 4) is 0 Å². The van der Waals surface area contributed by atoms with Crippen molar-refractivity contribution in [1.29, 1.82) is 0 Å². The Bertz CT molecular complexity index is 382. The van der Waals surface area contributed by atoms with E-state index in [1.807, 2.05) is 0 Å². The first-order chi connectivity index (χ1) is 6.51. The number of hydrogen-bond acceptors (Lipinski definition) is 3. The summed E-state index contributed by atoms with van der Waals surface area (Å²) in [7, 11) is 0. The normalized spacial score (nSPS) is 28.4. The Morgan fingerprint density at radius 3 is 2.57 bits per heavy atom. The third-order valence-corrected chi connectivity index (χ3v) is 2.37. The van der Waals surface area contributed by atoms with Gasteiger partial charge in [0.2, 0.25) is 0 Å². The van der Waals surface area contributed by atoms with Crippen LogP contribution in [-0.4, -0.2) is 27.0 Å². The number of carboxylic acids is 1. The molecule has 2 rings (SSSR count). The van der Waals surface area contributed by atoms with E-state index in [4.69, 9.17) is 5.11 Å². The molecule has 0 radical (unpaired) electrons. The summed E-state index contributed by atoms with van der Waals surface area (Å²) in [6, 6.07) is 1.20. The minimum absolute atomic E-state index is 0.134. The number of carboxylic acid groups (broad SMARTS) is 1. The molecule has 6 heteroatoms. The molecule has 0 amide bonds. The maximum Gasteiger partial charge on any atom is 0.322 e. The summed E-state index contributed by atoms with van der Waals surface area (Å²) >= 11 is 0. The summed E-state index contributed by atoms with van der Waals surface area (Å²) < 4.78 is 25.9. The highest BCUT2D eigenvalue weighted by molar-refractivity contribution is 5.87. The van der Waals surface area contributed by atoms with Gasteiger partial charge in [-0.05, 0) is 6.07 Å². The van der Waals surface area contributed by atoms with E-state index >= 15 is 0 Å². The van der Waals surface area contributed by atoms with E-state index in [-0.39, 0.29) is 5.69 Å². The number of halogens is 2. The van der Waals surface area contributed by atoms with Gasteiger partial charge in [-0.25, -0.2) is 18.7 Å². The van der Waals surface area contributed by atoms with Crippen LogP contribution in [0.3, 0.4) is 0 Å². The molecule has 1 saturated carbocycles. The van der Waals surface area contributed by atoms with E-state index in [1.54, 1.807) is 0 Å². The smallest absolute Gasteiger partial charge is 0.322 e. The summed E-state index contributed by atoms with van der Waals surface area (Å²) in [6.07, 6.45) is 1.63. The molecule has 1 atom stereocenters. The fourth-order valence-corrected chi connectivity index (χ4v) is 1.45. The summed E-state index contributed by atoms with van der Waals surface area (Å²) in [5.74, 6) is -4.74. The molecule has 1 fully saturated rings. The van der Waals surface area contributed by atoms with Gasteiger partial charge in [-0.3, -0.25) is 4.79 Å². The molecule has 1 heterocycles. The first-order valence-corrected chi connectivity index (χ1v) is 3.88. The molecule has 14 heavy (non-hydrogen) atoms. The van der Waals surface area contributed by atoms with Gasteiger partial charge in [0.05, 0.1) is 5.69 Å². The minimum Gasteiger partial charge on any atom is -0.480 e. The Labute approximate surface area is 77.6 Å². The summed E-state index contributed by atoms with van der Waals surface area (Å²) in [5, 5.41) is 8.75. The van der Waals surface area contributed by atoms with Crippen LogP contribution in [0.4, 0.5) is 8.78 Å². The molecule has 4 nitrogen and oxygen atoms in total. The van der Waals surface area contributed by atoms with Gasteiger partial charge in [0.1, 0.15) is 6.33 Å². The summed E-state index contributed by atoms with van der Waals surface area (Å²) in [6.45, 7) is 0. The van der Waals surface area contributed by atoms with Gasteiger partial charge >= 0.3 is 5.97 Å². The van der Waals surface area contributed by atoms with Crippen LogP contribution < -0.4 is 0 Å². The zero-order chi connectivity index (χ0) is 10.4. The second kappa shape index (κ2) is 2.46. The van der Waals surface area contributed by atoms with Crippen molar-refractivity contribution < 1.29 is 18.7 Å². The van der Waals surface area contributed by atoms with Crippen LogP contribution in [0.15, 0.2) is 18.6 Å². The molecule has 1 unspecified atom stereocenters. The van der Waals surface area contributed by atoms with Crippen molar-refractivity contribution in [3.05, 3.63) is 24.3 Å². The summed E-state index contributed by atoms with van der Waals surface area (Å²) in [4.78, 5) is 17.9. The lowest BCUT2D eigenvalue weighted by Gasteiger charge is -2.09. The Morgan fingerprint density at radius 1 is 1.57 bits per heavy atom. The molecule has 1 N–H and O–H groups in total. The molecule has 1 aromatic rings. The molecule has 0 aromatic carbocycles. The Hall–Kier alpha value is -1.59. The van der Waals surface area contributed by atoms with Crippen molar-refractivity contribution in [3.63, 3.8) is 0 Å². The number of hydrogen-bond donors (Lipinski definition) is 1. The highest BCUT2D eigenvalue weighted by Crippen LogP contribution is 2.61. The van der Waals surface area contributed by atoms with E-state index in [1.165, 1.54) is 12.3 Å². The first-order valence-electron chi connectivity index (χ1n) is 3.88. The predicted molar refractivity (Wildman–Crippen MR) is 40.9 cm³/mol. The second-order valence-corrected chi connectivity index (χ2v) is 3.19. The van der Waals surface area contributed by atoms with Crippen molar-refractivity contribution in [2.75, 3.05) is 0 Å². The molecule has 1 aromatic heterocycles. The lowest BCUT2D eigenvalue weighted by molar-refractivity contribution is -0.143. The quantitative estimate of drug-likeness (QED) is 0.768. The van der Waals surface area contributed by atoms with Gasteiger partial charge in [-0.1, -0.05) is 0 Å². The fourth-order valence-electron chi connectivity index (χ4n) is 1.45. The molecular formula is C8H6F2N2O2. The zero-order valence-electron chi connectivity index (χ0n) is 6.94. The zero-order valence-corrected chi connectivity index (χ0v) is 6.94. The lowest BCUT2D eigenvalue weighted by atomic mass is 10.0. The number of rotatable bonds is 2. The van der Waals surface area contributed by atoms with E-state index < -0.39 is 23.7 Å². The molecule has 0 spiro atoms. The lowest BCUT2D eigenvalue weighted by Crippen LogP contribution is -2.28. The highest BCUT2D eigenvalue weighted by Gasteiger charge is 2.78. The number of nitrogens with zero attached hydrogens (tertiary/aromatic N) is 2. The van der Waals surface area contributed by atoms with Crippen LogP contribution in [0.2, 0.25) is 0 Å². The van der Waals surface area contributed by atoms with Crippen LogP contribution in [0, 0.1) is 0 Å². The molecule has 0 saturated heterocycles. The number of alkyl halides is 2. The van der Waals surface area contributed by atoms with Gasteiger partial charge < -0.3 is 5.11 Å². The van der Waals surface area contributed by atoms with Crippen LogP contribution in [0.25, 0.3) is 0 Å². The third kappa shape index (κ3) is 0.934. The third-order valence-electron chi connectivity index (χ3n) is 2.37. The number of carbonyl (C=O) groups is 1. The van der Waals surface area contributed by atoms with Gasteiger partial charge in [-0.2, -0.15) is 0 Å². The van der Waals surface area contributed by atoms with Crippen LogP contribution in [-0.2, 0) is 10.2 Å². The molecule has 0 aliphatic heterocycles. The molecule has 1 aliphatic rings. The largest absolute Gasteiger partial charge is 0.480 e. The molecule has 0 bridgehead atoms. The standard InChI is InChI=1S/C8H6F2N2O2/c9-8(10)3-7(8,6(13)14)5-1-2-11-4-12-5/h1-2,4H,3H2,(H,13,14). The average molecular weight is 200 g/mol. The number of aliphatic carboxylic acids is 1. The van der Waals surface area contributed by atoms with E-state index in [0.717, 1.165) is 6.33 Å².